The fraction of sp³-hybridized carbons (Fsp3) is 0.375. The van der Waals surface area contributed by atoms with Gasteiger partial charge in [-0.25, -0.2) is 4.79 Å². The number of benzene rings is 3. The molecule has 0 atom stereocenters. The van der Waals surface area contributed by atoms with E-state index >= 15 is 0 Å². The maximum atomic E-state index is 13.0. The largest absolute Gasteiger partial charge is 0.462 e. The number of alkyl halides is 1. The van der Waals surface area contributed by atoms with Gasteiger partial charge in [0.2, 0.25) is 0 Å². The van der Waals surface area contributed by atoms with Crippen LogP contribution >= 0.6 is 11.6 Å². The zero-order valence-corrected chi connectivity index (χ0v) is 22.3. The van der Waals surface area contributed by atoms with Crippen molar-refractivity contribution < 1.29 is 14.3 Å². The molecule has 0 aliphatic carbocycles. The highest BCUT2D eigenvalue weighted by Gasteiger charge is 2.14. The summed E-state index contributed by atoms with van der Waals surface area (Å²) in [6, 6.07) is 25.4. The van der Waals surface area contributed by atoms with Crippen molar-refractivity contribution in [2.24, 2.45) is 0 Å². The molecule has 3 rings (SSSR count). The van der Waals surface area contributed by atoms with Crippen LogP contribution in [0.3, 0.4) is 0 Å². The number of hydrogen-bond donors (Lipinski definition) is 1. The SMILES string of the molecule is O=C(OCCCCCl)c1cccc(-c2ccccc2C(=O)NCCCCCCCCc2ccccc2)c1. The van der Waals surface area contributed by atoms with Crippen LogP contribution in [0.1, 0.15) is 77.6 Å². The number of halogens is 1. The van der Waals surface area contributed by atoms with E-state index in [-0.39, 0.29) is 11.9 Å². The standard InChI is InChI=1S/C32H38ClNO3/c33-22-11-13-24-37-32(36)28-19-14-18-27(25-28)29-20-9-10-21-30(29)31(35)34-23-12-4-2-1-3-6-15-26-16-7-5-8-17-26/h5,7-10,14,16-21,25H,1-4,6,11-13,15,22-24H2,(H,34,35). The van der Waals surface area contributed by atoms with Crippen LogP contribution in [0.25, 0.3) is 11.1 Å². The zero-order chi connectivity index (χ0) is 26.1. The predicted molar refractivity (Wildman–Crippen MR) is 152 cm³/mol. The molecule has 196 valence electrons. The molecule has 5 heteroatoms. The molecule has 0 saturated heterocycles. The number of amides is 1. The summed E-state index contributed by atoms with van der Waals surface area (Å²) >= 11 is 5.68. The van der Waals surface area contributed by atoms with Crippen LogP contribution in [0.2, 0.25) is 0 Å². The van der Waals surface area contributed by atoms with Crippen LogP contribution in [-0.2, 0) is 11.2 Å². The summed E-state index contributed by atoms with van der Waals surface area (Å²) in [6.07, 6.45) is 9.68. The Kier molecular flexibility index (Phi) is 12.8. The van der Waals surface area contributed by atoms with Crippen molar-refractivity contribution in [3.05, 3.63) is 95.6 Å². The number of nitrogens with one attached hydrogen (secondary N) is 1. The Morgan fingerprint density at radius 3 is 2.27 bits per heavy atom. The highest BCUT2D eigenvalue weighted by atomic mass is 35.5. The minimum absolute atomic E-state index is 0.0903. The van der Waals surface area contributed by atoms with Crippen molar-refractivity contribution in [2.45, 2.75) is 57.8 Å². The van der Waals surface area contributed by atoms with Crippen LogP contribution in [0, 0.1) is 0 Å². The lowest BCUT2D eigenvalue weighted by Crippen LogP contribution is -2.25. The lowest BCUT2D eigenvalue weighted by atomic mass is 9.97. The lowest BCUT2D eigenvalue weighted by molar-refractivity contribution is 0.0500. The van der Waals surface area contributed by atoms with Gasteiger partial charge < -0.3 is 10.1 Å². The van der Waals surface area contributed by atoms with Crippen molar-refractivity contribution in [1.29, 1.82) is 0 Å². The first-order valence-electron chi connectivity index (χ1n) is 13.4. The summed E-state index contributed by atoms with van der Waals surface area (Å²) in [5.41, 5.74) is 4.11. The van der Waals surface area contributed by atoms with Gasteiger partial charge in [0.1, 0.15) is 0 Å². The molecule has 0 unspecified atom stereocenters. The van der Waals surface area contributed by atoms with Crippen molar-refractivity contribution in [3.8, 4) is 11.1 Å². The zero-order valence-electron chi connectivity index (χ0n) is 21.6. The average molecular weight is 520 g/mol. The molecule has 1 N–H and O–H groups in total. The van der Waals surface area contributed by atoms with E-state index in [2.05, 4.69) is 35.6 Å². The summed E-state index contributed by atoms with van der Waals surface area (Å²) in [4.78, 5) is 25.4. The Balaban J connectivity index is 1.42. The lowest BCUT2D eigenvalue weighted by Gasteiger charge is -2.12. The summed E-state index contributed by atoms with van der Waals surface area (Å²) < 4.78 is 5.35. The average Bonchev–Trinajstić information content (AvgIpc) is 2.95. The Hall–Kier alpha value is -3.11. The fourth-order valence-corrected chi connectivity index (χ4v) is 4.48. The smallest absolute Gasteiger partial charge is 0.338 e. The van der Waals surface area contributed by atoms with Crippen molar-refractivity contribution >= 4 is 23.5 Å². The van der Waals surface area contributed by atoms with Gasteiger partial charge in [0.25, 0.3) is 5.91 Å². The van der Waals surface area contributed by atoms with Crippen LogP contribution in [0.15, 0.2) is 78.9 Å². The van der Waals surface area contributed by atoms with E-state index in [1.807, 2.05) is 36.4 Å². The van der Waals surface area contributed by atoms with Gasteiger partial charge in [-0.3, -0.25) is 4.79 Å². The molecule has 0 heterocycles. The maximum absolute atomic E-state index is 13.0. The number of aryl methyl sites for hydroxylation is 1. The first-order valence-corrected chi connectivity index (χ1v) is 14.0. The summed E-state index contributed by atoms with van der Waals surface area (Å²) in [5.74, 6) is 0.104. The Bertz CT molecular complexity index is 1100. The van der Waals surface area contributed by atoms with Crippen molar-refractivity contribution in [1.82, 2.24) is 5.32 Å². The van der Waals surface area contributed by atoms with Gasteiger partial charge in [-0.1, -0.05) is 86.3 Å². The number of carbonyl (C=O) groups is 2. The second-order valence-electron chi connectivity index (χ2n) is 9.27. The third-order valence-electron chi connectivity index (χ3n) is 6.36. The third-order valence-corrected chi connectivity index (χ3v) is 6.63. The maximum Gasteiger partial charge on any atom is 0.338 e. The fourth-order valence-electron chi connectivity index (χ4n) is 4.29. The van der Waals surface area contributed by atoms with Gasteiger partial charge >= 0.3 is 5.97 Å². The van der Waals surface area contributed by atoms with Crippen molar-refractivity contribution in [2.75, 3.05) is 19.0 Å². The van der Waals surface area contributed by atoms with E-state index in [9.17, 15) is 9.59 Å². The molecule has 3 aromatic rings. The van der Waals surface area contributed by atoms with E-state index in [0.717, 1.165) is 43.2 Å². The first-order chi connectivity index (χ1) is 18.2. The van der Waals surface area contributed by atoms with E-state index in [0.29, 0.717) is 30.2 Å². The first kappa shape index (κ1) is 28.5. The molecule has 37 heavy (non-hydrogen) atoms. The molecule has 1 amide bonds. The summed E-state index contributed by atoms with van der Waals surface area (Å²) in [5, 5.41) is 3.07. The second-order valence-corrected chi connectivity index (χ2v) is 9.65. The van der Waals surface area contributed by atoms with E-state index < -0.39 is 0 Å². The molecule has 4 nitrogen and oxygen atoms in total. The molecule has 3 aromatic carbocycles. The molecule has 0 spiro atoms. The molecule has 0 saturated carbocycles. The predicted octanol–water partition coefficient (Wildman–Crippen LogP) is 7.84. The van der Waals surface area contributed by atoms with Gasteiger partial charge in [-0.05, 0) is 67.0 Å². The van der Waals surface area contributed by atoms with Crippen LogP contribution < -0.4 is 5.32 Å². The number of carbonyl (C=O) groups excluding carboxylic acids is 2. The minimum atomic E-state index is -0.363. The Morgan fingerprint density at radius 1 is 0.730 bits per heavy atom. The monoisotopic (exact) mass is 519 g/mol. The molecule has 0 aliphatic rings. The van der Waals surface area contributed by atoms with Gasteiger partial charge in [0.15, 0.2) is 0 Å². The third kappa shape index (κ3) is 10.0. The van der Waals surface area contributed by atoms with Gasteiger partial charge in [-0.2, -0.15) is 0 Å². The van der Waals surface area contributed by atoms with Crippen molar-refractivity contribution in [3.63, 3.8) is 0 Å². The number of unbranched alkanes of at least 4 members (excludes halogenated alkanes) is 6. The van der Waals surface area contributed by atoms with E-state index in [4.69, 9.17) is 16.3 Å². The molecule has 0 bridgehead atoms. The minimum Gasteiger partial charge on any atom is -0.462 e. The molecular formula is C32H38ClNO3. The van der Waals surface area contributed by atoms with E-state index in [1.165, 1.54) is 31.2 Å². The van der Waals surface area contributed by atoms with Crippen LogP contribution in [-0.4, -0.2) is 30.9 Å². The van der Waals surface area contributed by atoms with Gasteiger partial charge in [0.05, 0.1) is 12.2 Å². The molecule has 0 aromatic heterocycles. The molecular weight excluding hydrogens is 482 g/mol. The number of ether oxygens (including phenoxy) is 1. The highest BCUT2D eigenvalue weighted by Crippen LogP contribution is 2.25. The summed E-state index contributed by atoms with van der Waals surface area (Å²) in [6.45, 7) is 1.01. The van der Waals surface area contributed by atoms with Crippen LogP contribution in [0.5, 0.6) is 0 Å². The highest BCUT2D eigenvalue weighted by molar-refractivity contribution is 6.17. The quantitative estimate of drug-likeness (QED) is 0.119. The van der Waals surface area contributed by atoms with Gasteiger partial charge in [0, 0.05) is 18.0 Å². The Morgan fingerprint density at radius 2 is 1.46 bits per heavy atom. The summed E-state index contributed by atoms with van der Waals surface area (Å²) in [7, 11) is 0. The molecule has 0 radical (unpaired) electrons. The normalized spacial score (nSPS) is 10.7. The van der Waals surface area contributed by atoms with Gasteiger partial charge in [-0.15, -0.1) is 11.6 Å². The topological polar surface area (TPSA) is 55.4 Å². The number of esters is 1. The van der Waals surface area contributed by atoms with Crippen LogP contribution in [0.4, 0.5) is 0 Å². The second kappa shape index (κ2) is 16.6. The number of rotatable bonds is 16. The molecule has 0 fully saturated rings. The van der Waals surface area contributed by atoms with E-state index in [1.54, 1.807) is 12.1 Å². The Labute approximate surface area is 226 Å². The molecule has 0 aliphatic heterocycles. The number of hydrogen-bond acceptors (Lipinski definition) is 3.